The summed E-state index contributed by atoms with van der Waals surface area (Å²) in [6.45, 7) is 4.55. The Labute approximate surface area is 238 Å². The predicted octanol–water partition coefficient (Wildman–Crippen LogP) is -0.839. The van der Waals surface area contributed by atoms with E-state index in [1.807, 2.05) is 13.8 Å². The minimum Gasteiger partial charge on any atom is -0.478 e. The van der Waals surface area contributed by atoms with Crippen LogP contribution in [0.1, 0.15) is 50.9 Å². The second-order valence-electron chi connectivity index (χ2n) is 10.6. The molecule has 0 bridgehead atoms. The number of nitrogens with one attached hydrogen (secondary N) is 1. The van der Waals surface area contributed by atoms with E-state index in [2.05, 4.69) is 25.7 Å². The molecule has 19 heteroatoms. The molecule has 41 heavy (non-hydrogen) atoms. The van der Waals surface area contributed by atoms with Gasteiger partial charge in [0.25, 0.3) is 0 Å². The highest BCUT2D eigenvalue weighted by atomic mass is 32.2. The highest BCUT2D eigenvalue weighted by Gasteiger charge is 2.56. The van der Waals surface area contributed by atoms with Gasteiger partial charge in [-0.05, 0) is 26.8 Å². The molecule has 2 fully saturated rings. The lowest BCUT2D eigenvalue weighted by Crippen LogP contribution is -2.64. The van der Waals surface area contributed by atoms with Gasteiger partial charge in [0.15, 0.2) is 16.6 Å². The molecule has 4 rings (SSSR count). The first-order valence-electron chi connectivity index (χ1n) is 12.5. The molecule has 0 unspecified atom stereocenters. The van der Waals surface area contributed by atoms with Crippen LogP contribution in [-0.4, -0.2) is 89.5 Å². The summed E-state index contributed by atoms with van der Waals surface area (Å²) >= 11 is 1.00. The standard InChI is InChI=1S/C22H31N9O8S2/c1-21(2,24)5-6-25-8-12-9-26-30(28-12)10-15-13(18(33)31(15)41(36,37)38)7-16(32)17(14-11-40-20(23)27-14)29-39-22(3-4-22)19(34)35/h9,11,13,15,25H,3-8,10,24H2,1-2H3,(H2,23,27)(H,34,35)(H,36,37,38)/b29-17-/t13-,15+/m0/s1. The monoisotopic (exact) mass is 613 g/mol. The van der Waals surface area contributed by atoms with Gasteiger partial charge in [-0.2, -0.15) is 23.4 Å². The van der Waals surface area contributed by atoms with Crippen LogP contribution in [0.25, 0.3) is 0 Å². The third kappa shape index (κ3) is 7.22. The number of carbonyl (C=O) groups is 3. The largest absolute Gasteiger partial charge is 0.478 e. The third-order valence-electron chi connectivity index (χ3n) is 6.57. The topological polar surface area (TPSA) is 258 Å². The number of Topliss-reactive ketones (excluding diaryl/α,β-unsaturated/α-hetero) is 1. The van der Waals surface area contributed by atoms with E-state index in [9.17, 15) is 32.5 Å². The van der Waals surface area contributed by atoms with Crippen molar-refractivity contribution in [2.45, 2.75) is 69.8 Å². The molecule has 1 aliphatic carbocycles. The zero-order chi connectivity index (χ0) is 30.2. The summed E-state index contributed by atoms with van der Waals surface area (Å²) in [5, 5.41) is 26.2. The van der Waals surface area contributed by atoms with Crippen LogP contribution in [0.15, 0.2) is 16.7 Å². The number of nitrogen functional groups attached to an aromatic ring is 1. The maximum atomic E-state index is 13.3. The summed E-state index contributed by atoms with van der Waals surface area (Å²) in [4.78, 5) is 47.9. The van der Waals surface area contributed by atoms with Gasteiger partial charge < -0.3 is 26.7 Å². The van der Waals surface area contributed by atoms with Crippen molar-refractivity contribution in [1.29, 1.82) is 0 Å². The van der Waals surface area contributed by atoms with E-state index in [4.69, 9.17) is 16.3 Å². The van der Waals surface area contributed by atoms with Crippen molar-refractivity contribution in [2.75, 3.05) is 12.3 Å². The van der Waals surface area contributed by atoms with Gasteiger partial charge in [0.2, 0.25) is 11.5 Å². The number of oxime groups is 1. The number of carboxylic acids is 1. The number of carboxylic acid groups (broad SMARTS) is 1. The average molecular weight is 614 g/mol. The molecule has 7 N–H and O–H groups in total. The molecular formula is C22H31N9O8S2. The zero-order valence-corrected chi connectivity index (χ0v) is 23.9. The van der Waals surface area contributed by atoms with Crippen LogP contribution >= 0.6 is 11.3 Å². The summed E-state index contributed by atoms with van der Waals surface area (Å²) in [6, 6.07) is -1.19. The molecule has 1 amide bonds. The number of β-lactam (4-membered cyclic amide) rings is 1. The van der Waals surface area contributed by atoms with E-state index in [0.717, 1.165) is 11.3 Å². The number of rotatable bonds is 15. The number of nitrogens with zero attached hydrogens (tertiary/aromatic N) is 6. The number of hydrogen-bond acceptors (Lipinski definition) is 14. The normalized spacial score (nSPS) is 20.5. The Balaban J connectivity index is 1.49. The first-order valence-corrected chi connectivity index (χ1v) is 14.8. The fraction of sp³-hybridized carbons (Fsp3) is 0.591. The number of anilines is 1. The van der Waals surface area contributed by atoms with Gasteiger partial charge in [-0.25, -0.2) is 14.1 Å². The molecule has 224 valence electrons. The molecule has 0 aromatic carbocycles. The van der Waals surface area contributed by atoms with Crippen molar-refractivity contribution in [2.24, 2.45) is 16.8 Å². The van der Waals surface area contributed by atoms with Crippen LogP contribution < -0.4 is 16.8 Å². The van der Waals surface area contributed by atoms with Crippen LogP contribution in [0.4, 0.5) is 5.13 Å². The van der Waals surface area contributed by atoms with Gasteiger partial charge in [0, 0.05) is 36.7 Å². The number of aliphatic carboxylic acids is 1. The van der Waals surface area contributed by atoms with E-state index in [-0.39, 0.29) is 45.8 Å². The van der Waals surface area contributed by atoms with Crippen LogP contribution in [0.3, 0.4) is 0 Å². The first kappa shape index (κ1) is 30.4. The molecule has 0 spiro atoms. The first-order chi connectivity index (χ1) is 19.1. The van der Waals surface area contributed by atoms with E-state index < -0.39 is 51.9 Å². The Hall–Kier alpha value is -3.52. The lowest BCUT2D eigenvalue weighted by Gasteiger charge is -2.43. The Morgan fingerprint density at radius 2 is 2.07 bits per heavy atom. The summed E-state index contributed by atoms with van der Waals surface area (Å²) in [6.07, 6.45) is 2.02. The number of carbonyl (C=O) groups excluding carboxylic acids is 2. The maximum absolute atomic E-state index is 13.3. The van der Waals surface area contributed by atoms with Crippen LogP contribution in [-0.2, 0) is 42.6 Å². The summed E-state index contributed by atoms with van der Waals surface area (Å²) < 4.78 is 33.8. The summed E-state index contributed by atoms with van der Waals surface area (Å²) in [5.41, 5.74) is 9.93. The predicted molar refractivity (Wildman–Crippen MR) is 144 cm³/mol. The van der Waals surface area contributed by atoms with Crippen molar-refractivity contribution in [1.82, 2.24) is 29.6 Å². The molecular weight excluding hydrogens is 582 g/mol. The molecule has 1 saturated heterocycles. The molecule has 1 aliphatic heterocycles. The fourth-order valence-electron chi connectivity index (χ4n) is 4.10. The van der Waals surface area contributed by atoms with Gasteiger partial charge >= 0.3 is 16.3 Å². The van der Waals surface area contributed by atoms with E-state index in [1.54, 1.807) is 0 Å². The molecule has 0 radical (unpaired) electrons. The summed E-state index contributed by atoms with van der Waals surface area (Å²) in [7, 11) is -4.95. The minimum absolute atomic E-state index is 0.0116. The average Bonchev–Trinajstić information content (AvgIpc) is 3.33. The molecule has 2 aromatic heterocycles. The second-order valence-corrected chi connectivity index (χ2v) is 12.8. The van der Waals surface area contributed by atoms with Crippen LogP contribution in [0.2, 0.25) is 0 Å². The van der Waals surface area contributed by atoms with E-state index in [1.165, 1.54) is 16.4 Å². The number of nitrogens with two attached hydrogens (primary N) is 2. The Morgan fingerprint density at radius 3 is 2.63 bits per heavy atom. The summed E-state index contributed by atoms with van der Waals surface area (Å²) in [5.74, 6) is -4.21. The SMILES string of the molecule is CC(C)(N)CCNCc1cnn(C[C@@H]2[C@H](CC(=O)/C(=N\OC3(C(=O)O)CC3)c3csc(N)n3)C(=O)N2S(=O)(=O)O)n1. The molecule has 2 aliphatic rings. The van der Waals surface area contributed by atoms with Gasteiger partial charge in [-0.3, -0.25) is 14.1 Å². The van der Waals surface area contributed by atoms with Gasteiger partial charge in [0.05, 0.1) is 30.4 Å². The van der Waals surface area contributed by atoms with E-state index >= 15 is 0 Å². The lowest BCUT2D eigenvalue weighted by atomic mass is 9.84. The molecule has 17 nitrogen and oxygen atoms in total. The molecule has 3 heterocycles. The van der Waals surface area contributed by atoms with Crippen LogP contribution in [0.5, 0.6) is 0 Å². The van der Waals surface area contributed by atoms with Crippen LogP contribution in [0, 0.1) is 5.92 Å². The Kier molecular flexibility index (Phi) is 8.46. The maximum Gasteiger partial charge on any atom is 0.362 e. The molecule has 2 atom stereocenters. The van der Waals surface area contributed by atoms with E-state index in [0.29, 0.717) is 25.2 Å². The lowest BCUT2D eigenvalue weighted by molar-refractivity contribution is -0.153. The number of amides is 1. The number of hydrogen-bond donors (Lipinski definition) is 5. The smallest absolute Gasteiger partial charge is 0.362 e. The fourth-order valence-corrected chi connectivity index (χ4v) is 5.57. The van der Waals surface area contributed by atoms with Gasteiger partial charge in [-0.1, -0.05) is 5.16 Å². The number of aromatic nitrogens is 4. The third-order valence-corrected chi connectivity index (χ3v) is 8.20. The number of ketones is 1. The highest BCUT2D eigenvalue weighted by Crippen LogP contribution is 2.40. The zero-order valence-electron chi connectivity index (χ0n) is 22.3. The Morgan fingerprint density at radius 1 is 1.37 bits per heavy atom. The van der Waals surface area contributed by atoms with Crippen molar-refractivity contribution in [3.05, 3.63) is 23.0 Å². The highest BCUT2D eigenvalue weighted by molar-refractivity contribution is 7.84. The molecule has 1 saturated carbocycles. The Bertz CT molecular complexity index is 1460. The van der Waals surface area contributed by atoms with Gasteiger partial charge in [-0.15, -0.1) is 11.3 Å². The van der Waals surface area contributed by atoms with Crippen molar-refractivity contribution in [3.8, 4) is 0 Å². The van der Waals surface area contributed by atoms with Crippen molar-refractivity contribution >= 4 is 50.1 Å². The van der Waals surface area contributed by atoms with Gasteiger partial charge in [0.1, 0.15) is 5.69 Å². The molecule has 2 aromatic rings. The second kappa shape index (κ2) is 11.4. The van der Waals surface area contributed by atoms with Crippen molar-refractivity contribution < 1.29 is 37.3 Å². The number of thiazole rings is 1. The minimum atomic E-state index is -4.95. The van der Waals surface area contributed by atoms with Crippen molar-refractivity contribution in [3.63, 3.8) is 0 Å². The quantitative estimate of drug-likeness (QED) is 0.0539.